The number of hydrogen-bond donors (Lipinski definition) is 0. The number of nitrogens with zero attached hydrogens (tertiary/aromatic N) is 5. The molecule has 6 nitrogen and oxygen atoms in total. The third-order valence-corrected chi connectivity index (χ3v) is 3.09. The van der Waals surface area contributed by atoms with Crippen LogP contribution < -0.4 is 4.74 Å². The molecule has 0 spiro atoms. The van der Waals surface area contributed by atoms with Gasteiger partial charge >= 0.3 is 6.01 Å². The van der Waals surface area contributed by atoms with Crippen LogP contribution in [0.1, 0.15) is 0 Å². The number of ether oxygens (including phenoxy) is 1. The van der Waals surface area contributed by atoms with Gasteiger partial charge in [-0.15, -0.1) is 5.10 Å². The predicted octanol–water partition coefficient (Wildman–Crippen LogP) is 3.27. The first-order valence-electron chi connectivity index (χ1n) is 5.55. The number of rotatable bonds is 3. The van der Waals surface area contributed by atoms with Gasteiger partial charge in [0.15, 0.2) is 0 Å². The van der Waals surface area contributed by atoms with Crippen LogP contribution in [0.2, 0.25) is 5.28 Å². The first kappa shape index (κ1) is 13.0. The molecule has 100 valence electrons. The number of benzene rings is 1. The third-order valence-electron chi connectivity index (χ3n) is 2.36. The fraction of sp³-hybridized carbons (Fsp3) is 0. The van der Waals surface area contributed by atoms with E-state index < -0.39 is 0 Å². The van der Waals surface area contributed by atoms with Crippen molar-refractivity contribution in [3.8, 4) is 17.6 Å². The summed E-state index contributed by atoms with van der Waals surface area (Å²) in [6, 6.07) is 9.75. The average Bonchev–Trinajstić information content (AvgIpc) is 2.92. The van der Waals surface area contributed by atoms with E-state index in [1.54, 1.807) is 11.0 Å². The van der Waals surface area contributed by atoms with Crippen LogP contribution in [0.5, 0.6) is 11.9 Å². The van der Waals surface area contributed by atoms with Crippen LogP contribution in [-0.2, 0) is 0 Å². The minimum Gasteiger partial charge on any atom is -0.403 e. The molecule has 0 aliphatic carbocycles. The SMILES string of the molecule is Clc1ncc(Br)c(Oc2ncn(-c3ccccc3)n2)n1. The monoisotopic (exact) mass is 351 g/mol. The van der Waals surface area contributed by atoms with E-state index in [0.29, 0.717) is 4.47 Å². The quantitative estimate of drug-likeness (QED) is 0.677. The highest BCUT2D eigenvalue weighted by Crippen LogP contribution is 2.26. The smallest absolute Gasteiger partial charge is 0.342 e. The Morgan fingerprint density at radius 1 is 1.15 bits per heavy atom. The molecule has 0 saturated heterocycles. The van der Waals surface area contributed by atoms with Gasteiger partial charge in [-0.05, 0) is 39.7 Å². The summed E-state index contributed by atoms with van der Waals surface area (Å²) in [7, 11) is 0. The number of aromatic nitrogens is 5. The lowest BCUT2D eigenvalue weighted by Gasteiger charge is -2.02. The van der Waals surface area contributed by atoms with Crippen molar-refractivity contribution in [1.29, 1.82) is 0 Å². The number of hydrogen-bond acceptors (Lipinski definition) is 5. The first-order chi connectivity index (χ1) is 9.72. The van der Waals surface area contributed by atoms with E-state index in [4.69, 9.17) is 16.3 Å². The van der Waals surface area contributed by atoms with Crippen molar-refractivity contribution in [2.45, 2.75) is 0 Å². The molecular weight excluding hydrogens is 346 g/mol. The third kappa shape index (κ3) is 2.78. The van der Waals surface area contributed by atoms with Crippen LogP contribution in [0.3, 0.4) is 0 Å². The van der Waals surface area contributed by atoms with Gasteiger partial charge in [-0.2, -0.15) is 9.97 Å². The van der Waals surface area contributed by atoms with E-state index in [1.807, 2.05) is 30.3 Å². The number of halogens is 2. The van der Waals surface area contributed by atoms with Crippen molar-refractivity contribution in [3.05, 3.63) is 52.6 Å². The molecule has 0 amide bonds. The van der Waals surface area contributed by atoms with Gasteiger partial charge in [0.2, 0.25) is 11.2 Å². The minimum atomic E-state index is 0.0886. The molecule has 0 saturated carbocycles. The van der Waals surface area contributed by atoms with Crippen LogP contribution in [-0.4, -0.2) is 24.7 Å². The van der Waals surface area contributed by atoms with Crippen molar-refractivity contribution < 1.29 is 4.74 Å². The molecule has 3 rings (SSSR count). The summed E-state index contributed by atoms with van der Waals surface area (Å²) in [6.07, 6.45) is 3.06. The summed E-state index contributed by atoms with van der Waals surface area (Å²) in [5.41, 5.74) is 0.884. The molecule has 20 heavy (non-hydrogen) atoms. The Balaban J connectivity index is 1.86. The zero-order valence-corrected chi connectivity index (χ0v) is 12.3. The van der Waals surface area contributed by atoms with Crippen molar-refractivity contribution in [1.82, 2.24) is 24.7 Å². The molecule has 0 N–H and O–H groups in total. The fourth-order valence-electron chi connectivity index (χ4n) is 1.49. The molecule has 3 aromatic rings. The molecule has 2 aromatic heterocycles. The van der Waals surface area contributed by atoms with Crippen LogP contribution in [0, 0.1) is 0 Å². The Kier molecular flexibility index (Phi) is 3.62. The zero-order valence-electron chi connectivity index (χ0n) is 9.94. The Hall–Kier alpha value is -1.99. The summed E-state index contributed by atoms with van der Waals surface area (Å²) in [5, 5.41) is 4.29. The minimum absolute atomic E-state index is 0.0886. The van der Waals surface area contributed by atoms with E-state index in [2.05, 4.69) is 36.0 Å². The van der Waals surface area contributed by atoms with Crippen molar-refractivity contribution >= 4 is 27.5 Å². The van der Waals surface area contributed by atoms with E-state index in [0.717, 1.165) is 5.69 Å². The largest absolute Gasteiger partial charge is 0.403 e. The Morgan fingerprint density at radius 3 is 2.75 bits per heavy atom. The maximum Gasteiger partial charge on any atom is 0.342 e. The molecule has 0 atom stereocenters. The zero-order chi connectivity index (χ0) is 13.9. The Bertz CT molecular complexity index is 734. The lowest BCUT2D eigenvalue weighted by atomic mass is 10.3. The highest BCUT2D eigenvalue weighted by molar-refractivity contribution is 9.10. The summed E-state index contributed by atoms with van der Waals surface area (Å²) < 4.78 is 7.64. The fourth-order valence-corrected chi connectivity index (χ4v) is 1.89. The standard InChI is InChI=1S/C12H7BrClN5O/c13-9-6-15-11(14)17-10(9)20-12-16-7-19(18-12)8-4-2-1-3-5-8/h1-7H. The van der Waals surface area contributed by atoms with Gasteiger partial charge in [0.05, 0.1) is 10.2 Å². The average molecular weight is 353 g/mol. The lowest BCUT2D eigenvalue weighted by molar-refractivity contribution is 0.421. The maximum atomic E-state index is 5.72. The molecule has 1 aromatic carbocycles. The van der Waals surface area contributed by atoms with Gasteiger partial charge in [0.1, 0.15) is 6.33 Å². The second-order valence-electron chi connectivity index (χ2n) is 3.70. The van der Waals surface area contributed by atoms with E-state index in [-0.39, 0.29) is 17.2 Å². The molecule has 0 fully saturated rings. The molecule has 0 aliphatic rings. The molecule has 8 heteroatoms. The van der Waals surface area contributed by atoms with Gasteiger partial charge in [-0.25, -0.2) is 9.67 Å². The van der Waals surface area contributed by atoms with Crippen LogP contribution >= 0.6 is 27.5 Å². The molecule has 2 heterocycles. The summed E-state index contributed by atoms with van der Waals surface area (Å²) in [4.78, 5) is 11.8. The van der Waals surface area contributed by atoms with Crippen molar-refractivity contribution in [2.75, 3.05) is 0 Å². The van der Waals surface area contributed by atoms with Crippen molar-refractivity contribution in [2.24, 2.45) is 0 Å². The Labute approximate surface area is 127 Å². The molecule has 0 bridgehead atoms. The van der Waals surface area contributed by atoms with Gasteiger partial charge in [-0.1, -0.05) is 18.2 Å². The molecule has 0 radical (unpaired) electrons. The topological polar surface area (TPSA) is 65.7 Å². The molecule has 0 aliphatic heterocycles. The van der Waals surface area contributed by atoms with E-state index in [9.17, 15) is 0 Å². The second-order valence-corrected chi connectivity index (χ2v) is 4.89. The maximum absolute atomic E-state index is 5.72. The lowest BCUT2D eigenvalue weighted by Crippen LogP contribution is -1.96. The highest BCUT2D eigenvalue weighted by atomic mass is 79.9. The molecular formula is C12H7BrClN5O. The van der Waals surface area contributed by atoms with Gasteiger partial charge < -0.3 is 4.74 Å². The molecule has 0 unspecified atom stereocenters. The highest BCUT2D eigenvalue weighted by Gasteiger charge is 2.10. The van der Waals surface area contributed by atoms with Gasteiger partial charge in [-0.3, -0.25) is 0 Å². The summed E-state index contributed by atoms with van der Waals surface area (Å²) in [5.74, 6) is 0.260. The summed E-state index contributed by atoms with van der Waals surface area (Å²) in [6.45, 7) is 0. The van der Waals surface area contributed by atoms with Crippen LogP contribution in [0.25, 0.3) is 5.69 Å². The van der Waals surface area contributed by atoms with Gasteiger partial charge in [0.25, 0.3) is 0 Å². The van der Waals surface area contributed by atoms with Crippen LogP contribution in [0.15, 0.2) is 47.3 Å². The van der Waals surface area contributed by atoms with E-state index in [1.165, 1.54) is 6.20 Å². The van der Waals surface area contributed by atoms with Gasteiger partial charge in [0, 0.05) is 6.20 Å². The Morgan fingerprint density at radius 2 is 1.95 bits per heavy atom. The summed E-state index contributed by atoms with van der Waals surface area (Å²) >= 11 is 8.98. The van der Waals surface area contributed by atoms with Crippen LogP contribution in [0.4, 0.5) is 0 Å². The van der Waals surface area contributed by atoms with Crippen molar-refractivity contribution in [3.63, 3.8) is 0 Å². The normalized spacial score (nSPS) is 10.5. The first-order valence-corrected chi connectivity index (χ1v) is 6.72. The second kappa shape index (κ2) is 5.56. The number of para-hydroxylation sites is 1. The predicted molar refractivity (Wildman–Crippen MR) is 76.2 cm³/mol. The van der Waals surface area contributed by atoms with E-state index >= 15 is 0 Å².